The summed E-state index contributed by atoms with van der Waals surface area (Å²) in [5.74, 6) is 2.14. The number of hydrogen-bond acceptors (Lipinski definition) is 5. The van der Waals surface area contributed by atoms with Gasteiger partial charge in [0.05, 0.1) is 0 Å². The van der Waals surface area contributed by atoms with E-state index < -0.39 is 6.10 Å². The summed E-state index contributed by atoms with van der Waals surface area (Å²) in [5, 5.41) is 0. The first-order valence-corrected chi connectivity index (χ1v) is 12.0. The molecule has 2 amide bonds. The van der Waals surface area contributed by atoms with Crippen molar-refractivity contribution < 1.29 is 14.3 Å². The molecule has 33 heavy (non-hydrogen) atoms. The molecule has 2 aliphatic heterocycles. The number of piperidine rings is 1. The first kappa shape index (κ1) is 21.7. The van der Waals surface area contributed by atoms with Crippen LogP contribution in [-0.4, -0.2) is 72.0 Å². The molecule has 174 valence electrons. The second-order valence-corrected chi connectivity index (χ2v) is 9.52. The Kier molecular flexibility index (Phi) is 5.96. The molecule has 0 radical (unpaired) electrons. The molecule has 7 heteroatoms. The Bertz CT molecular complexity index is 968. The number of benzene rings is 1. The molecule has 1 saturated carbocycles. The third-order valence-electron chi connectivity index (χ3n) is 7.53. The van der Waals surface area contributed by atoms with E-state index in [1.54, 1.807) is 0 Å². The van der Waals surface area contributed by atoms with E-state index in [2.05, 4.69) is 9.88 Å². The van der Waals surface area contributed by atoms with Crippen molar-refractivity contribution in [3.8, 4) is 5.75 Å². The first-order chi connectivity index (χ1) is 16.1. The average Bonchev–Trinajstić information content (AvgIpc) is 3.57. The summed E-state index contributed by atoms with van der Waals surface area (Å²) in [7, 11) is 0. The Morgan fingerprint density at radius 1 is 0.939 bits per heavy atom. The van der Waals surface area contributed by atoms with Gasteiger partial charge in [0.15, 0.2) is 6.10 Å². The maximum atomic E-state index is 13.2. The molecular weight excluding hydrogens is 416 g/mol. The zero-order chi connectivity index (χ0) is 22.8. The average molecular weight is 449 g/mol. The highest BCUT2D eigenvalue weighted by atomic mass is 16.5. The Morgan fingerprint density at radius 3 is 2.30 bits per heavy atom. The molecule has 0 N–H and O–H groups in total. The second kappa shape index (κ2) is 9.04. The van der Waals surface area contributed by atoms with Gasteiger partial charge in [-0.15, -0.1) is 0 Å². The number of nitrogens with zero attached hydrogens (tertiary/aromatic N) is 4. The molecule has 3 fully saturated rings. The zero-order valence-corrected chi connectivity index (χ0v) is 19.2. The first-order valence-electron chi connectivity index (χ1n) is 12.0. The molecule has 1 aromatic carbocycles. The third kappa shape index (κ3) is 4.54. The van der Waals surface area contributed by atoms with Gasteiger partial charge < -0.3 is 19.4 Å². The van der Waals surface area contributed by atoms with Crippen LogP contribution in [-0.2, 0) is 9.59 Å². The molecule has 3 heterocycles. The minimum atomic E-state index is -0.506. The minimum Gasteiger partial charge on any atom is -0.481 e. The van der Waals surface area contributed by atoms with Gasteiger partial charge in [0.2, 0.25) is 5.91 Å². The van der Waals surface area contributed by atoms with Crippen LogP contribution >= 0.6 is 0 Å². The summed E-state index contributed by atoms with van der Waals surface area (Å²) in [4.78, 5) is 36.7. The van der Waals surface area contributed by atoms with Gasteiger partial charge in [-0.25, -0.2) is 4.98 Å². The number of carbonyl (C=O) groups is 2. The van der Waals surface area contributed by atoms with Crippen LogP contribution in [0.5, 0.6) is 5.75 Å². The highest BCUT2D eigenvalue weighted by Crippen LogP contribution is 2.60. The Labute approximate surface area is 195 Å². The number of hydrogen-bond donors (Lipinski definition) is 0. The molecule has 5 rings (SSSR count). The summed E-state index contributed by atoms with van der Waals surface area (Å²) in [5.41, 5.74) is 0.0928. The van der Waals surface area contributed by atoms with Crippen molar-refractivity contribution >= 4 is 17.6 Å². The van der Waals surface area contributed by atoms with Crippen molar-refractivity contribution in [1.29, 1.82) is 0 Å². The number of carbonyl (C=O) groups excluding carboxylic acids is 2. The van der Waals surface area contributed by atoms with Crippen LogP contribution in [0.2, 0.25) is 0 Å². The molecule has 1 aromatic heterocycles. The number of likely N-dealkylation sites (tertiary alicyclic amines) is 1. The molecule has 2 saturated heterocycles. The Balaban J connectivity index is 1.09. The standard InChI is InChI=1S/C26H32N4O3/c1-20(33-21-7-3-2-4-8-21)24(31)29-13-10-26(11-14-29)19-22(26)25(32)30-17-15-28(16-18-30)23-9-5-6-12-27-23/h2-9,12,20,22H,10-11,13-19H2,1H3/t20-,22+/m1/s1. The number of ether oxygens (including phenoxy) is 1. The molecule has 1 aliphatic carbocycles. The highest BCUT2D eigenvalue weighted by molar-refractivity contribution is 5.84. The number of piperazine rings is 1. The van der Waals surface area contributed by atoms with Crippen LogP contribution in [0.25, 0.3) is 0 Å². The van der Waals surface area contributed by atoms with Crippen molar-refractivity contribution in [2.75, 3.05) is 44.2 Å². The van der Waals surface area contributed by atoms with Crippen molar-refractivity contribution in [3.05, 3.63) is 54.7 Å². The predicted octanol–water partition coefficient (Wildman–Crippen LogP) is 2.83. The van der Waals surface area contributed by atoms with Crippen molar-refractivity contribution in [2.24, 2.45) is 11.3 Å². The Morgan fingerprint density at radius 2 is 1.64 bits per heavy atom. The highest BCUT2D eigenvalue weighted by Gasteiger charge is 2.59. The molecule has 3 aliphatic rings. The lowest BCUT2D eigenvalue weighted by atomic mass is 9.90. The fourth-order valence-corrected chi connectivity index (χ4v) is 5.35. The maximum Gasteiger partial charge on any atom is 0.263 e. The number of aromatic nitrogens is 1. The van der Waals surface area contributed by atoms with E-state index in [1.807, 2.05) is 71.5 Å². The number of para-hydroxylation sites is 1. The van der Waals surface area contributed by atoms with Crippen LogP contribution in [0.4, 0.5) is 5.82 Å². The van der Waals surface area contributed by atoms with Crippen LogP contribution in [0.1, 0.15) is 26.2 Å². The summed E-state index contributed by atoms with van der Waals surface area (Å²) < 4.78 is 5.82. The largest absolute Gasteiger partial charge is 0.481 e. The SMILES string of the molecule is C[C@@H](Oc1ccccc1)C(=O)N1CCC2(CC1)C[C@H]2C(=O)N1CCN(c2ccccn2)CC1. The normalized spacial score (nSPS) is 22.7. The monoisotopic (exact) mass is 448 g/mol. The van der Waals surface area contributed by atoms with Gasteiger partial charge in [-0.2, -0.15) is 0 Å². The maximum absolute atomic E-state index is 13.2. The smallest absolute Gasteiger partial charge is 0.263 e. The molecule has 2 aromatic rings. The van der Waals surface area contributed by atoms with E-state index in [4.69, 9.17) is 4.74 Å². The fraction of sp³-hybridized carbons (Fsp3) is 0.500. The van der Waals surface area contributed by atoms with Gasteiger partial charge in [0.1, 0.15) is 11.6 Å². The van der Waals surface area contributed by atoms with Crippen LogP contribution in [0, 0.1) is 11.3 Å². The van der Waals surface area contributed by atoms with Crippen LogP contribution in [0.3, 0.4) is 0 Å². The van der Waals surface area contributed by atoms with Gasteiger partial charge in [-0.05, 0) is 55.9 Å². The van der Waals surface area contributed by atoms with Crippen LogP contribution < -0.4 is 9.64 Å². The molecular formula is C26H32N4O3. The summed E-state index contributed by atoms with van der Waals surface area (Å²) in [6.45, 7) is 6.38. The minimum absolute atomic E-state index is 0.0304. The summed E-state index contributed by atoms with van der Waals surface area (Å²) in [6.07, 6.45) is 4.08. The number of amides is 2. The predicted molar refractivity (Wildman–Crippen MR) is 126 cm³/mol. The van der Waals surface area contributed by atoms with Crippen molar-refractivity contribution in [2.45, 2.75) is 32.3 Å². The van der Waals surface area contributed by atoms with Crippen LogP contribution in [0.15, 0.2) is 54.7 Å². The van der Waals surface area contributed by atoms with E-state index in [0.717, 1.165) is 51.3 Å². The zero-order valence-electron chi connectivity index (χ0n) is 19.2. The topological polar surface area (TPSA) is 66.0 Å². The lowest BCUT2D eigenvalue weighted by Crippen LogP contribution is -2.50. The molecule has 2 atom stereocenters. The second-order valence-electron chi connectivity index (χ2n) is 9.52. The van der Waals surface area contributed by atoms with E-state index >= 15 is 0 Å². The number of rotatable bonds is 5. The van der Waals surface area contributed by atoms with E-state index in [1.165, 1.54) is 0 Å². The molecule has 0 unspecified atom stereocenters. The molecule has 1 spiro atoms. The number of anilines is 1. The number of pyridine rings is 1. The summed E-state index contributed by atoms with van der Waals surface area (Å²) >= 11 is 0. The molecule has 0 bridgehead atoms. The van der Waals surface area contributed by atoms with Gasteiger partial charge in [-0.3, -0.25) is 9.59 Å². The van der Waals surface area contributed by atoms with E-state index in [-0.39, 0.29) is 17.2 Å². The Hall–Kier alpha value is -3.09. The lowest BCUT2D eigenvalue weighted by molar-refractivity contribution is -0.140. The van der Waals surface area contributed by atoms with Gasteiger partial charge in [0.25, 0.3) is 5.91 Å². The van der Waals surface area contributed by atoms with Crippen molar-refractivity contribution in [1.82, 2.24) is 14.8 Å². The molecule has 7 nitrogen and oxygen atoms in total. The fourth-order valence-electron chi connectivity index (χ4n) is 5.35. The lowest BCUT2D eigenvalue weighted by Gasteiger charge is -2.37. The van der Waals surface area contributed by atoms with E-state index in [0.29, 0.717) is 24.7 Å². The van der Waals surface area contributed by atoms with E-state index in [9.17, 15) is 9.59 Å². The summed E-state index contributed by atoms with van der Waals surface area (Å²) in [6, 6.07) is 15.4. The van der Waals surface area contributed by atoms with Gasteiger partial charge in [-0.1, -0.05) is 24.3 Å². The van der Waals surface area contributed by atoms with Gasteiger partial charge in [0, 0.05) is 51.4 Å². The third-order valence-corrected chi connectivity index (χ3v) is 7.53. The quantitative estimate of drug-likeness (QED) is 0.704. The van der Waals surface area contributed by atoms with Crippen molar-refractivity contribution in [3.63, 3.8) is 0 Å². The van der Waals surface area contributed by atoms with Gasteiger partial charge >= 0.3 is 0 Å².